The number of hydrogen-bond acceptors (Lipinski definition) is 5. The highest BCUT2D eigenvalue weighted by Gasteiger charge is 2.30. The molecule has 0 unspecified atom stereocenters. The summed E-state index contributed by atoms with van der Waals surface area (Å²) in [6, 6.07) is 4.55. The Hall–Kier alpha value is -2.76. The zero-order chi connectivity index (χ0) is 22.7. The topological polar surface area (TPSA) is 100 Å². The van der Waals surface area contributed by atoms with E-state index in [9.17, 15) is 21.6 Å². The van der Waals surface area contributed by atoms with Gasteiger partial charge >= 0.3 is 16.4 Å². The summed E-state index contributed by atoms with van der Waals surface area (Å²) in [5.41, 5.74) is 5.81. The summed E-state index contributed by atoms with van der Waals surface area (Å²) in [4.78, 5) is 3.82. The van der Waals surface area contributed by atoms with E-state index in [1.807, 2.05) is 0 Å². The Morgan fingerprint density at radius 2 is 1.97 bits per heavy atom. The molecule has 0 radical (unpaired) electrons. The lowest BCUT2D eigenvalue weighted by Crippen LogP contribution is -2.29. The molecule has 12 heteroatoms. The molecule has 0 atom stereocenters. The van der Waals surface area contributed by atoms with Crippen molar-refractivity contribution in [3.8, 4) is 0 Å². The SMILES string of the molecule is C=C(/C=C\c1c(NS(=O)(=O)N(C)C)ccc(Cl)c1N)Nc1cc(C(F)(F)F)ccn1. The van der Waals surface area contributed by atoms with Crippen molar-refractivity contribution in [3.05, 3.63) is 65.0 Å². The number of nitrogen functional groups attached to an aromatic ring is 1. The average molecular weight is 462 g/mol. The third-order valence-corrected chi connectivity index (χ3v) is 5.55. The molecule has 30 heavy (non-hydrogen) atoms. The second-order valence-corrected chi connectivity index (χ2v) is 8.51. The second kappa shape index (κ2) is 8.94. The predicted molar refractivity (Wildman–Crippen MR) is 113 cm³/mol. The Balaban J connectivity index is 2.29. The van der Waals surface area contributed by atoms with E-state index < -0.39 is 21.9 Å². The molecular weight excluding hydrogens is 443 g/mol. The summed E-state index contributed by atoms with van der Waals surface area (Å²) in [5, 5.41) is 2.83. The normalized spacial score (nSPS) is 12.4. The van der Waals surface area contributed by atoms with Crippen molar-refractivity contribution in [2.24, 2.45) is 0 Å². The number of pyridine rings is 1. The van der Waals surface area contributed by atoms with E-state index in [4.69, 9.17) is 17.3 Å². The van der Waals surface area contributed by atoms with Crippen LogP contribution in [0.1, 0.15) is 11.1 Å². The van der Waals surface area contributed by atoms with Gasteiger partial charge in [0.15, 0.2) is 0 Å². The van der Waals surface area contributed by atoms with Crippen LogP contribution in [0.4, 0.5) is 30.4 Å². The number of allylic oxidation sites excluding steroid dienone is 1. The first-order valence-corrected chi connectivity index (χ1v) is 10.1. The van der Waals surface area contributed by atoms with Crippen LogP contribution in [0.3, 0.4) is 0 Å². The van der Waals surface area contributed by atoms with Gasteiger partial charge in [0.2, 0.25) is 0 Å². The fourth-order valence-electron chi connectivity index (χ4n) is 2.17. The summed E-state index contributed by atoms with van der Waals surface area (Å²) < 4.78 is 66.1. The molecule has 162 valence electrons. The fraction of sp³-hybridized carbons (Fsp3) is 0.167. The number of anilines is 3. The molecule has 1 heterocycles. The van der Waals surface area contributed by atoms with Gasteiger partial charge in [0.25, 0.3) is 0 Å². The minimum atomic E-state index is -4.51. The number of aromatic nitrogens is 1. The van der Waals surface area contributed by atoms with Gasteiger partial charge in [0.05, 0.1) is 22.0 Å². The van der Waals surface area contributed by atoms with E-state index in [1.165, 1.54) is 38.4 Å². The zero-order valence-electron chi connectivity index (χ0n) is 16.0. The van der Waals surface area contributed by atoms with Crippen molar-refractivity contribution in [3.63, 3.8) is 0 Å². The first-order chi connectivity index (χ1) is 13.8. The zero-order valence-corrected chi connectivity index (χ0v) is 17.5. The molecule has 7 nitrogen and oxygen atoms in total. The highest BCUT2D eigenvalue weighted by atomic mass is 35.5. The van der Waals surface area contributed by atoms with Gasteiger partial charge in [-0.15, -0.1) is 0 Å². The largest absolute Gasteiger partial charge is 0.416 e. The maximum atomic E-state index is 12.8. The van der Waals surface area contributed by atoms with E-state index in [0.29, 0.717) is 0 Å². The molecule has 4 N–H and O–H groups in total. The van der Waals surface area contributed by atoms with Gasteiger partial charge in [-0.1, -0.05) is 18.2 Å². The van der Waals surface area contributed by atoms with Crippen molar-refractivity contribution < 1.29 is 21.6 Å². The molecule has 0 spiro atoms. The summed E-state index contributed by atoms with van der Waals surface area (Å²) in [6.07, 6.45) is -0.662. The Morgan fingerprint density at radius 1 is 1.30 bits per heavy atom. The number of alkyl halides is 3. The Labute approximate surface area is 177 Å². The molecule has 2 aromatic rings. The highest BCUT2D eigenvalue weighted by molar-refractivity contribution is 7.90. The van der Waals surface area contributed by atoms with Crippen LogP contribution in [0.5, 0.6) is 0 Å². The van der Waals surface area contributed by atoms with Crippen molar-refractivity contribution in [1.29, 1.82) is 0 Å². The van der Waals surface area contributed by atoms with Crippen LogP contribution in [0.2, 0.25) is 5.02 Å². The highest BCUT2D eigenvalue weighted by Crippen LogP contribution is 2.32. The number of hydrogen-bond donors (Lipinski definition) is 3. The van der Waals surface area contributed by atoms with Crippen molar-refractivity contribution in [2.75, 3.05) is 29.9 Å². The van der Waals surface area contributed by atoms with Crippen LogP contribution >= 0.6 is 11.6 Å². The lowest BCUT2D eigenvalue weighted by Gasteiger charge is -2.17. The first kappa shape index (κ1) is 23.5. The Morgan fingerprint density at radius 3 is 2.57 bits per heavy atom. The minimum Gasteiger partial charge on any atom is -0.397 e. The molecule has 1 aromatic carbocycles. The first-order valence-electron chi connectivity index (χ1n) is 8.27. The summed E-state index contributed by atoms with van der Waals surface area (Å²) >= 11 is 6.02. The van der Waals surface area contributed by atoms with Crippen LogP contribution in [0, 0.1) is 0 Å². The van der Waals surface area contributed by atoms with Crippen LogP contribution in [-0.4, -0.2) is 31.8 Å². The van der Waals surface area contributed by atoms with Crippen molar-refractivity contribution in [1.82, 2.24) is 9.29 Å². The van der Waals surface area contributed by atoms with Gasteiger partial charge in [0, 0.05) is 31.6 Å². The van der Waals surface area contributed by atoms with E-state index in [0.717, 1.165) is 22.6 Å². The van der Waals surface area contributed by atoms with Crippen molar-refractivity contribution in [2.45, 2.75) is 6.18 Å². The molecule has 2 rings (SSSR count). The summed E-state index contributed by atoms with van der Waals surface area (Å²) in [5.74, 6) is -0.0629. The quantitative estimate of drug-likeness (QED) is 0.424. The lowest BCUT2D eigenvalue weighted by molar-refractivity contribution is -0.137. The van der Waals surface area contributed by atoms with Gasteiger partial charge in [0.1, 0.15) is 5.82 Å². The van der Waals surface area contributed by atoms with E-state index >= 15 is 0 Å². The predicted octanol–water partition coefficient (Wildman–Crippen LogP) is 4.19. The lowest BCUT2D eigenvalue weighted by atomic mass is 10.1. The van der Waals surface area contributed by atoms with Crippen LogP contribution in [0.15, 0.2) is 48.8 Å². The van der Waals surface area contributed by atoms with E-state index in [1.54, 1.807) is 0 Å². The number of benzene rings is 1. The average Bonchev–Trinajstić information content (AvgIpc) is 2.63. The molecule has 0 saturated heterocycles. The maximum Gasteiger partial charge on any atom is 0.416 e. The molecule has 0 saturated carbocycles. The summed E-state index contributed by atoms with van der Waals surface area (Å²) in [7, 11) is -1.11. The minimum absolute atomic E-state index is 0.0629. The number of nitrogens with zero attached hydrogens (tertiary/aromatic N) is 2. The Kier molecular flexibility index (Phi) is 7.01. The molecule has 1 aromatic heterocycles. The van der Waals surface area contributed by atoms with Gasteiger partial charge in [-0.05, 0) is 36.4 Å². The van der Waals surface area contributed by atoms with Crippen LogP contribution < -0.4 is 15.8 Å². The van der Waals surface area contributed by atoms with E-state index in [-0.39, 0.29) is 33.5 Å². The van der Waals surface area contributed by atoms with Crippen molar-refractivity contribution >= 4 is 45.1 Å². The fourth-order valence-corrected chi connectivity index (χ4v) is 2.98. The molecule has 0 fully saturated rings. The van der Waals surface area contributed by atoms with E-state index in [2.05, 4.69) is 21.6 Å². The second-order valence-electron chi connectivity index (χ2n) is 6.22. The maximum absolute atomic E-state index is 12.8. The van der Waals surface area contributed by atoms with Crippen LogP contribution in [-0.2, 0) is 16.4 Å². The molecule has 0 aliphatic carbocycles. The number of halogens is 4. The molecular formula is C18H19ClF3N5O2S. The summed E-state index contributed by atoms with van der Waals surface area (Å²) in [6.45, 7) is 3.70. The third kappa shape index (κ3) is 5.88. The van der Waals surface area contributed by atoms with Crippen LogP contribution in [0.25, 0.3) is 6.08 Å². The van der Waals surface area contributed by atoms with Gasteiger partial charge in [-0.2, -0.15) is 25.9 Å². The Bertz CT molecular complexity index is 1090. The van der Waals surface area contributed by atoms with Gasteiger partial charge in [-0.25, -0.2) is 4.98 Å². The smallest absolute Gasteiger partial charge is 0.397 e. The number of nitrogens with two attached hydrogens (primary N) is 1. The molecule has 0 aliphatic heterocycles. The number of nitrogens with one attached hydrogen (secondary N) is 2. The van der Waals surface area contributed by atoms with Gasteiger partial charge in [-0.3, -0.25) is 4.72 Å². The third-order valence-electron chi connectivity index (χ3n) is 3.78. The molecule has 0 aliphatic rings. The van der Waals surface area contributed by atoms with Gasteiger partial charge < -0.3 is 11.1 Å². The molecule has 0 amide bonds. The number of rotatable bonds is 7. The molecule has 0 bridgehead atoms. The standard InChI is InChI=1S/C18H19ClF3N5O2S/c1-11(25-16-10-12(8-9-24-16)18(20,21)22)4-5-13-15(7-6-14(19)17(13)23)26-30(28,29)27(2)3/h4-10,26H,1,23H2,2-3H3,(H,24,25)/b5-4-. The monoisotopic (exact) mass is 461 g/mol.